The van der Waals surface area contributed by atoms with Crippen LogP contribution < -0.4 is 10.2 Å². The first-order valence-corrected chi connectivity index (χ1v) is 7.22. The van der Waals surface area contributed by atoms with E-state index in [1.54, 1.807) is 0 Å². The second-order valence-corrected chi connectivity index (χ2v) is 5.30. The number of halogens is 3. The average Bonchev–Trinajstić information content (AvgIpc) is 2.45. The van der Waals surface area contributed by atoms with Gasteiger partial charge in [0.15, 0.2) is 17.5 Å². The van der Waals surface area contributed by atoms with Gasteiger partial charge in [-0.05, 0) is 25.0 Å². The number of nitrogens with one attached hydrogen (secondary N) is 1. The Morgan fingerprint density at radius 1 is 1.20 bits per heavy atom. The maximum atomic E-state index is 14.0. The van der Waals surface area contributed by atoms with Crippen LogP contribution >= 0.6 is 0 Å². The molecule has 0 aliphatic carbocycles. The van der Waals surface area contributed by atoms with Crippen LogP contribution in [0.3, 0.4) is 0 Å². The van der Waals surface area contributed by atoms with E-state index in [0.29, 0.717) is 6.54 Å². The van der Waals surface area contributed by atoms with Gasteiger partial charge in [-0.1, -0.05) is 20.3 Å². The first-order chi connectivity index (χ1) is 9.58. The van der Waals surface area contributed by atoms with Gasteiger partial charge in [-0.15, -0.1) is 0 Å². The van der Waals surface area contributed by atoms with Crippen LogP contribution in [0.25, 0.3) is 0 Å². The molecule has 0 saturated carbocycles. The van der Waals surface area contributed by atoms with Crippen molar-refractivity contribution in [3.05, 3.63) is 29.6 Å². The summed E-state index contributed by atoms with van der Waals surface area (Å²) in [4.78, 5) is 1.87. The van der Waals surface area contributed by atoms with Gasteiger partial charge >= 0.3 is 0 Å². The van der Waals surface area contributed by atoms with Gasteiger partial charge in [-0.2, -0.15) is 0 Å². The van der Waals surface area contributed by atoms with Crippen LogP contribution in [0, 0.1) is 17.5 Å². The van der Waals surface area contributed by atoms with Crippen molar-refractivity contribution >= 4 is 5.69 Å². The second kappa shape index (κ2) is 6.48. The maximum absolute atomic E-state index is 14.0. The van der Waals surface area contributed by atoms with Crippen molar-refractivity contribution in [1.29, 1.82) is 0 Å². The molecule has 5 heteroatoms. The molecule has 2 unspecified atom stereocenters. The zero-order valence-corrected chi connectivity index (χ0v) is 11.9. The van der Waals surface area contributed by atoms with E-state index < -0.39 is 17.5 Å². The fraction of sp³-hybridized carbons (Fsp3) is 0.600. The summed E-state index contributed by atoms with van der Waals surface area (Å²) in [7, 11) is 0. The van der Waals surface area contributed by atoms with E-state index in [4.69, 9.17) is 0 Å². The highest BCUT2D eigenvalue weighted by Crippen LogP contribution is 2.28. The zero-order chi connectivity index (χ0) is 14.7. The molecule has 2 nitrogen and oxygen atoms in total. The smallest absolute Gasteiger partial charge is 0.196 e. The molecule has 1 aromatic carbocycles. The molecule has 0 aromatic heterocycles. The van der Waals surface area contributed by atoms with Crippen molar-refractivity contribution in [2.24, 2.45) is 0 Å². The van der Waals surface area contributed by atoms with Crippen LogP contribution in [-0.2, 0) is 0 Å². The van der Waals surface area contributed by atoms with Gasteiger partial charge in [-0.3, -0.25) is 0 Å². The molecule has 1 aliphatic heterocycles. The fourth-order valence-corrected chi connectivity index (χ4v) is 2.80. The molecule has 1 saturated heterocycles. The van der Waals surface area contributed by atoms with Crippen molar-refractivity contribution in [3.8, 4) is 0 Å². The van der Waals surface area contributed by atoms with Gasteiger partial charge in [0.05, 0.1) is 5.69 Å². The average molecular weight is 286 g/mol. The largest absolute Gasteiger partial charge is 0.363 e. The topological polar surface area (TPSA) is 15.3 Å². The first-order valence-electron chi connectivity index (χ1n) is 7.22. The van der Waals surface area contributed by atoms with E-state index in [-0.39, 0.29) is 17.8 Å². The third-order valence-electron chi connectivity index (χ3n) is 3.93. The molecular formula is C15H21F3N2. The molecule has 0 radical (unpaired) electrons. The van der Waals surface area contributed by atoms with Gasteiger partial charge in [0.25, 0.3) is 0 Å². The lowest BCUT2D eigenvalue weighted by molar-refractivity contribution is 0.362. The van der Waals surface area contributed by atoms with Crippen LogP contribution in [0.4, 0.5) is 18.9 Å². The Balaban J connectivity index is 2.29. The van der Waals surface area contributed by atoms with Crippen molar-refractivity contribution in [2.75, 3.05) is 18.0 Å². The van der Waals surface area contributed by atoms with E-state index in [2.05, 4.69) is 12.2 Å². The fourth-order valence-electron chi connectivity index (χ4n) is 2.80. The number of nitrogens with zero attached hydrogens (tertiary/aromatic N) is 1. The molecule has 0 spiro atoms. The lowest BCUT2D eigenvalue weighted by atomic mass is 10.0. The summed E-state index contributed by atoms with van der Waals surface area (Å²) in [5.74, 6) is -3.61. The zero-order valence-electron chi connectivity index (χ0n) is 11.9. The van der Waals surface area contributed by atoms with E-state index >= 15 is 0 Å². The van der Waals surface area contributed by atoms with Crippen LogP contribution in [0.1, 0.15) is 33.1 Å². The van der Waals surface area contributed by atoms with Crippen molar-refractivity contribution in [1.82, 2.24) is 5.32 Å². The molecule has 1 aliphatic rings. The quantitative estimate of drug-likeness (QED) is 0.853. The molecule has 20 heavy (non-hydrogen) atoms. The standard InChI is InChI=1S/C15H21F3N2/c1-3-5-10-9-20(11(4-2)8-19-10)13-7-6-12(16)14(17)15(13)18/h6-7,10-11,19H,3-5,8-9H2,1-2H3. The first kappa shape index (κ1) is 15.2. The summed E-state index contributed by atoms with van der Waals surface area (Å²) in [6, 6.07) is 2.69. The Labute approximate surface area is 118 Å². The number of hydrogen-bond acceptors (Lipinski definition) is 2. The lowest BCUT2D eigenvalue weighted by Crippen LogP contribution is -2.56. The number of benzene rings is 1. The van der Waals surface area contributed by atoms with Gasteiger partial charge in [0, 0.05) is 25.2 Å². The van der Waals surface area contributed by atoms with Gasteiger partial charge in [-0.25, -0.2) is 13.2 Å². The minimum Gasteiger partial charge on any atom is -0.363 e. The predicted octanol–water partition coefficient (Wildman–Crippen LogP) is 3.46. The molecule has 1 aromatic rings. The molecule has 2 atom stereocenters. The highest BCUT2D eigenvalue weighted by atomic mass is 19.2. The minimum atomic E-state index is -1.39. The Kier molecular flexibility index (Phi) is 4.91. The summed E-state index contributed by atoms with van der Waals surface area (Å²) in [5.41, 5.74) is 0.165. The number of rotatable bonds is 4. The highest BCUT2D eigenvalue weighted by molar-refractivity contribution is 5.50. The monoisotopic (exact) mass is 286 g/mol. The Morgan fingerprint density at radius 3 is 2.60 bits per heavy atom. The molecule has 0 bridgehead atoms. The third kappa shape index (κ3) is 2.92. The van der Waals surface area contributed by atoms with Gasteiger partial charge in [0.2, 0.25) is 0 Å². The molecule has 1 heterocycles. The van der Waals surface area contributed by atoms with E-state index in [9.17, 15) is 13.2 Å². The lowest BCUT2D eigenvalue weighted by Gasteiger charge is -2.42. The normalized spacial score (nSPS) is 23.1. The number of hydrogen-bond donors (Lipinski definition) is 1. The van der Waals surface area contributed by atoms with E-state index in [0.717, 1.165) is 31.9 Å². The van der Waals surface area contributed by atoms with Crippen LogP contribution in [0.5, 0.6) is 0 Å². The Bertz CT molecular complexity index is 465. The van der Waals surface area contributed by atoms with Crippen molar-refractivity contribution in [2.45, 2.75) is 45.2 Å². The van der Waals surface area contributed by atoms with E-state index in [1.165, 1.54) is 6.07 Å². The van der Waals surface area contributed by atoms with Gasteiger partial charge < -0.3 is 10.2 Å². The summed E-state index contributed by atoms with van der Waals surface area (Å²) in [6.45, 7) is 5.46. The second-order valence-electron chi connectivity index (χ2n) is 5.30. The Morgan fingerprint density at radius 2 is 1.95 bits per heavy atom. The molecule has 112 valence electrons. The molecule has 1 N–H and O–H groups in total. The summed E-state index contributed by atoms with van der Waals surface area (Å²) in [6.07, 6.45) is 2.84. The van der Waals surface area contributed by atoms with Crippen LogP contribution in [-0.4, -0.2) is 25.2 Å². The minimum absolute atomic E-state index is 0.0995. The Hall–Kier alpha value is -1.23. The summed E-state index contributed by atoms with van der Waals surface area (Å²) < 4.78 is 40.5. The molecule has 1 fully saturated rings. The number of anilines is 1. The van der Waals surface area contributed by atoms with Gasteiger partial charge in [0.1, 0.15) is 0 Å². The highest BCUT2D eigenvalue weighted by Gasteiger charge is 2.29. The van der Waals surface area contributed by atoms with Crippen molar-refractivity contribution < 1.29 is 13.2 Å². The predicted molar refractivity (Wildman–Crippen MR) is 74.4 cm³/mol. The van der Waals surface area contributed by atoms with Crippen LogP contribution in [0.2, 0.25) is 0 Å². The summed E-state index contributed by atoms with van der Waals surface area (Å²) >= 11 is 0. The third-order valence-corrected chi connectivity index (χ3v) is 3.93. The van der Waals surface area contributed by atoms with Crippen LogP contribution in [0.15, 0.2) is 12.1 Å². The molecule has 0 amide bonds. The molecule has 2 rings (SSSR count). The molecular weight excluding hydrogens is 265 g/mol. The SMILES string of the molecule is CCCC1CN(c2ccc(F)c(F)c2F)C(CC)CN1. The summed E-state index contributed by atoms with van der Waals surface area (Å²) in [5, 5.41) is 3.43. The van der Waals surface area contributed by atoms with E-state index in [1.807, 2.05) is 11.8 Å². The maximum Gasteiger partial charge on any atom is 0.196 e. The van der Waals surface area contributed by atoms with Crippen molar-refractivity contribution in [3.63, 3.8) is 0 Å². The number of piperazine rings is 1.